The van der Waals surface area contributed by atoms with Gasteiger partial charge in [-0.2, -0.15) is 0 Å². The molecule has 1 heterocycles. The van der Waals surface area contributed by atoms with Crippen LogP contribution in [0.1, 0.15) is 46.5 Å². The minimum atomic E-state index is -0.493. The Morgan fingerprint density at radius 3 is 2.36 bits per heavy atom. The number of hydrogen-bond donors (Lipinski definition) is 1. The topological polar surface area (TPSA) is 96.9 Å². The number of aromatic nitrogens is 2. The molecule has 1 fully saturated rings. The molecule has 1 aromatic rings. The highest BCUT2D eigenvalue weighted by molar-refractivity contribution is 9.10. The normalized spacial score (nSPS) is 18.8. The third-order valence-electron chi connectivity index (χ3n) is 5.74. The molecule has 1 aliphatic carbocycles. The first-order valence-corrected chi connectivity index (χ1v) is 12.3. The minimum Gasteiger partial charge on any atom is -0.468 e. The Hall–Kier alpha value is -1.78. The molecule has 2 rings (SSSR count). The lowest BCUT2D eigenvalue weighted by molar-refractivity contribution is -0.153. The van der Waals surface area contributed by atoms with Gasteiger partial charge in [0.1, 0.15) is 5.60 Å². The summed E-state index contributed by atoms with van der Waals surface area (Å²) in [5, 5.41) is 3.14. The summed E-state index contributed by atoms with van der Waals surface area (Å²) in [5.41, 5.74) is 0.510. The van der Waals surface area contributed by atoms with E-state index in [1.165, 1.54) is 7.11 Å². The minimum absolute atomic E-state index is 0.155. The standard InChI is InChI=1S/C23H38BrN5O4/c1-23(2,3)33-20(30)14-25-10-11-29(16-21(31)32-5)18-8-6-17(7-9-18)15-28(4)19-12-26-22(24)27-13-19/h12-13,17-18,25H,6-11,14-16H2,1-5H3. The Labute approximate surface area is 205 Å². The molecule has 0 amide bonds. The molecule has 1 saturated carbocycles. The molecule has 0 saturated heterocycles. The third kappa shape index (κ3) is 10.4. The van der Waals surface area contributed by atoms with Gasteiger partial charge in [0, 0.05) is 32.7 Å². The lowest BCUT2D eigenvalue weighted by Gasteiger charge is -2.37. The maximum atomic E-state index is 12.0. The molecule has 0 atom stereocenters. The van der Waals surface area contributed by atoms with Crippen LogP contribution in [0.4, 0.5) is 5.69 Å². The monoisotopic (exact) mass is 527 g/mol. The lowest BCUT2D eigenvalue weighted by Crippen LogP contribution is -2.46. The van der Waals surface area contributed by atoms with Gasteiger partial charge in [0.25, 0.3) is 0 Å². The zero-order chi connectivity index (χ0) is 24.4. The van der Waals surface area contributed by atoms with Gasteiger partial charge in [0.05, 0.1) is 38.3 Å². The van der Waals surface area contributed by atoms with E-state index in [0.29, 0.717) is 29.8 Å². The fourth-order valence-electron chi connectivity index (χ4n) is 4.10. The van der Waals surface area contributed by atoms with Crippen molar-refractivity contribution in [2.24, 2.45) is 5.92 Å². The van der Waals surface area contributed by atoms with E-state index in [0.717, 1.165) is 37.9 Å². The Bertz CT molecular complexity index is 748. The molecule has 1 aliphatic rings. The van der Waals surface area contributed by atoms with Crippen LogP contribution in [0.2, 0.25) is 0 Å². The van der Waals surface area contributed by atoms with Crippen molar-refractivity contribution in [1.82, 2.24) is 20.2 Å². The van der Waals surface area contributed by atoms with Crippen molar-refractivity contribution >= 4 is 33.6 Å². The zero-order valence-electron chi connectivity index (χ0n) is 20.5. The maximum Gasteiger partial charge on any atom is 0.320 e. The SMILES string of the molecule is COC(=O)CN(CCNCC(=O)OC(C)(C)C)C1CCC(CN(C)c2cnc(Br)nc2)CC1. The molecule has 0 aliphatic heterocycles. The highest BCUT2D eigenvalue weighted by Gasteiger charge is 2.28. The van der Waals surface area contributed by atoms with Gasteiger partial charge in [-0.1, -0.05) is 0 Å². The molecule has 0 unspecified atom stereocenters. The average Bonchev–Trinajstić information content (AvgIpc) is 2.75. The number of rotatable bonds is 11. The van der Waals surface area contributed by atoms with Crippen LogP contribution >= 0.6 is 15.9 Å². The van der Waals surface area contributed by atoms with E-state index in [4.69, 9.17) is 9.47 Å². The van der Waals surface area contributed by atoms with Crippen LogP contribution in [0.15, 0.2) is 17.1 Å². The summed E-state index contributed by atoms with van der Waals surface area (Å²) in [7, 11) is 3.48. The van der Waals surface area contributed by atoms with Crippen LogP contribution in [0.25, 0.3) is 0 Å². The second kappa shape index (κ2) is 13.2. The van der Waals surface area contributed by atoms with Gasteiger partial charge in [0.15, 0.2) is 4.73 Å². The molecule has 0 radical (unpaired) electrons. The molecule has 1 aromatic heterocycles. The van der Waals surface area contributed by atoms with Crippen molar-refractivity contribution in [1.29, 1.82) is 0 Å². The summed E-state index contributed by atoms with van der Waals surface area (Å²) in [6, 6.07) is 0.324. The van der Waals surface area contributed by atoms with Crippen molar-refractivity contribution in [2.75, 3.05) is 51.8 Å². The average molecular weight is 528 g/mol. The van der Waals surface area contributed by atoms with E-state index in [1.54, 1.807) is 0 Å². The Morgan fingerprint density at radius 2 is 1.79 bits per heavy atom. The van der Waals surface area contributed by atoms with Crippen LogP contribution in [-0.4, -0.2) is 85.3 Å². The number of carbonyl (C=O) groups is 2. The second-order valence-electron chi connectivity index (χ2n) is 9.58. The number of nitrogens with one attached hydrogen (secondary N) is 1. The number of anilines is 1. The van der Waals surface area contributed by atoms with Crippen LogP contribution in [0, 0.1) is 5.92 Å². The summed E-state index contributed by atoms with van der Waals surface area (Å²) in [6.07, 6.45) is 7.89. The predicted octanol–water partition coefficient (Wildman–Crippen LogP) is 2.64. The smallest absolute Gasteiger partial charge is 0.320 e. The number of halogens is 1. The van der Waals surface area contributed by atoms with Crippen molar-refractivity contribution in [3.05, 3.63) is 17.1 Å². The highest BCUT2D eigenvalue weighted by Crippen LogP contribution is 2.29. The molecule has 9 nitrogen and oxygen atoms in total. The second-order valence-corrected chi connectivity index (χ2v) is 10.3. The lowest BCUT2D eigenvalue weighted by atomic mass is 9.85. The van der Waals surface area contributed by atoms with Gasteiger partial charge < -0.3 is 19.7 Å². The molecule has 186 valence electrons. The first-order valence-electron chi connectivity index (χ1n) is 11.5. The van der Waals surface area contributed by atoms with Crippen LogP contribution < -0.4 is 10.2 Å². The van der Waals surface area contributed by atoms with Gasteiger partial charge >= 0.3 is 11.9 Å². The van der Waals surface area contributed by atoms with Crippen LogP contribution in [-0.2, 0) is 19.1 Å². The van der Waals surface area contributed by atoms with Crippen molar-refractivity contribution in [3.8, 4) is 0 Å². The first-order chi connectivity index (χ1) is 15.6. The molecule has 0 bridgehead atoms. The van der Waals surface area contributed by atoms with Crippen LogP contribution in [0.3, 0.4) is 0 Å². The molecule has 10 heteroatoms. The van der Waals surface area contributed by atoms with Gasteiger partial charge in [-0.3, -0.25) is 14.5 Å². The summed E-state index contributed by atoms with van der Waals surface area (Å²) in [5.74, 6) is 0.0715. The summed E-state index contributed by atoms with van der Waals surface area (Å²) < 4.78 is 10.8. The molecular weight excluding hydrogens is 490 g/mol. The fourth-order valence-corrected chi connectivity index (χ4v) is 4.30. The first kappa shape index (κ1) is 27.5. The fraction of sp³-hybridized carbons (Fsp3) is 0.739. The highest BCUT2D eigenvalue weighted by atomic mass is 79.9. The maximum absolute atomic E-state index is 12.0. The number of methoxy groups -OCH3 is 1. The van der Waals surface area contributed by atoms with E-state index < -0.39 is 5.60 Å². The molecule has 0 spiro atoms. The molecular formula is C23H38BrN5O4. The van der Waals surface area contributed by atoms with Crippen molar-refractivity contribution in [2.45, 2.75) is 58.1 Å². The van der Waals surface area contributed by atoms with Gasteiger partial charge in [-0.25, -0.2) is 9.97 Å². The Balaban J connectivity index is 1.80. The zero-order valence-corrected chi connectivity index (χ0v) is 22.1. The van der Waals surface area contributed by atoms with E-state index in [9.17, 15) is 9.59 Å². The van der Waals surface area contributed by atoms with Crippen molar-refractivity contribution < 1.29 is 19.1 Å². The number of carbonyl (C=O) groups excluding carboxylic acids is 2. The summed E-state index contributed by atoms with van der Waals surface area (Å²) >= 11 is 3.27. The largest absolute Gasteiger partial charge is 0.468 e. The van der Waals surface area contributed by atoms with Gasteiger partial charge in [-0.15, -0.1) is 0 Å². The van der Waals surface area contributed by atoms with Gasteiger partial charge in [-0.05, 0) is 68.3 Å². The van der Waals surface area contributed by atoms with E-state index in [1.807, 2.05) is 33.2 Å². The van der Waals surface area contributed by atoms with Crippen molar-refractivity contribution in [3.63, 3.8) is 0 Å². The third-order valence-corrected chi connectivity index (χ3v) is 6.15. The van der Waals surface area contributed by atoms with Crippen LogP contribution in [0.5, 0.6) is 0 Å². The molecule has 33 heavy (non-hydrogen) atoms. The Kier molecular flexibility index (Phi) is 11.0. The Morgan fingerprint density at radius 1 is 1.15 bits per heavy atom. The van der Waals surface area contributed by atoms with E-state index in [2.05, 4.69) is 48.1 Å². The van der Waals surface area contributed by atoms with Gasteiger partial charge in [0.2, 0.25) is 0 Å². The number of esters is 2. The molecule has 0 aromatic carbocycles. The molecule has 1 N–H and O–H groups in total. The predicted molar refractivity (Wildman–Crippen MR) is 131 cm³/mol. The number of ether oxygens (including phenoxy) is 2. The number of hydrogen-bond acceptors (Lipinski definition) is 9. The number of nitrogens with zero attached hydrogens (tertiary/aromatic N) is 4. The summed E-state index contributed by atoms with van der Waals surface area (Å²) in [6.45, 7) is 8.19. The van der Waals surface area contributed by atoms with E-state index in [-0.39, 0.29) is 25.0 Å². The quantitative estimate of drug-likeness (QED) is 0.264. The summed E-state index contributed by atoms with van der Waals surface area (Å²) in [4.78, 5) is 36.6. The van der Waals surface area contributed by atoms with E-state index >= 15 is 0 Å².